The maximum absolute atomic E-state index is 13.8. The van der Waals surface area contributed by atoms with Crippen molar-refractivity contribution in [1.29, 1.82) is 0 Å². The molecule has 4 rings (SSSR count). The zero-order valence-electron chi connectivity index (χ0n) is 24.7. The Morgan fingerprint density at radius 2 is 1.73 bits per heavy atom. The molecule has 2 aromatic carbocycles. The molecule has 2 heterocycles. The number of nitrogens with zero attached hydrogens (tertiary/aromatic N) is 4. The van der Waals surface area contributed by atoms with Gasteiger partial charge in [-0.05, 0) is 49.5 Å². The Bertz CT molecular complexity index is 1430. The molecular weight excluding hydrogens is 405 g/mol. The van der Waals surface area contributed by atoms with Crippen LogP contribution in [0.15, 0.2) is 42.7 Å². The molecule has 0 bridgehead atoms. The van der Waals surface area contributed by atoms with Crippen LogP contribution in [0.25, 0.3) is 5.69 Å². The molecule has 1 aliphatic heterocycles. The average Bonchev–Trinajstić information content (AvgIpc) is 3.27. The van der Waals surface area contributed by atoms with E-state index in [-0.39, 0.29) is 24.0 Å². The smallest absolute Gasteiger partial charge is 0.371 e. The minimum absolute atomic E-state index is 0. The van der Waals surface area contributed by atoms with Crippen LogP contribution in [-0.4, -0.2) is 27.8 Å². The molecule has 1 saturated heterocycles. The van der Waals surface area contributed by atoms with Crippen LogP contribution in [0.2, 0.25) is 0 Å². The number of hydrogen-bond donors (Lipinski definition) is 1. The minimum Gasteiger partial charge on any atom is -0.371 e. The summed E-state index contributed by atoms with van der Waals surface area (Å²) in [7, 11) is 0. The largest absolute Gasteiger partial charge is 0.416 e. The van der Waals surface area contributed by atoms with Gasteiger partial charge in [-0.25, -0.2) is 13.5 Å². The van der Waals surface area contributed by atoms with Crippen molar-refractivity contribution in [3.8, 4) is 5.69 Å². The quantitative estimate of drug-likeness (QED) is 0.547. The van der Waals surface area contributed by atoms with E-state index in [2.05, 4.69) is 15.4 Å². The van der Waals surface area contributed by atoms with E-state index in [1.54, 1.807) is 0 Å². The van der Waals surface area contributed by atoms with Crippen LogP contribution in [0.3, 0.4) is 0 Å². The Kier molecular flexibility index (Phi) is 2.98. The van der Waals surface area contributed by atoms with E-state index in [0.29, 0.717) is 6.07 Å². The molecule has 0 amide bonds. The summed E-state index contributed by atoms with van der Waals surface area (Å²) >= 11 is 0. The number of rotatable bonds is 4. The second kappa shape index (κ2) is 7.92. The van der Waals surface area contributed by atoms with Crippen molar-refractivity contribution in [1.82, 2.24) is 14.8 Å². The van der Waals surface area contributed by atoms with Gasteiger partial charge < -0.3 is 10.2 Å². The summed E-state index contributed by atoms with van der Waals surface area (Å²) in [6, 6.07) is 4.24. The molecule has 1 aromatic heterocycles. The Morgan fingerprint density at radius 1 is 0.967 bits per heavy atom. The number of halogens is 5. The number of anilines is 3. The van der Waals surface area contributed by atoms with E-state index in [1.807, 2.05) is 0 Å². The molecule has 0 spiro atoms. The van der Waals surface area contributed by atoms with Crippen LogP contribution in [0.5, 0.6) is 0 Å². The SMILES string of the molecule is [2H]C1([2H])N(c2cc(Nc3ncn(-c4ccc(F)c(F)c4)n3)cc(C(F)(F)F)c2)C([2H])([2H])C([2H])([2H])C([2H])([2H])C1([2H])[2H].[HH]. The summed E-state index contributed by atoms with van der Waals surface area (Å²) in [5.74, 6) is -2.74. The second-order valence-corrected chi connectivity index (χ2v) is 5.94. The number of aromatic nitrogens is 3. The Morgan fingerprint density at radius 3 is 2.43 bits per heavy atom. The van der Waals surface area contributed by atoms with Crippen molar-refractivity contribution in [3.05, 3.63) is 59.9 Å². The summed E-state index contributed by atoms with van der Waals surface area (Å²) in [6.45, 7) is -7.42. The van der Waals surface area contributed by atoms with Gasteiger partial charge in [-0.3, -0.25) is 0 Å². The van der Waals surface area contributed by atoms with E-state index < -0.39 is 66.9 Å². The summed E-state index contributed by atoms with van der Waals surface area (Å²) in [6.07, 6.45) is -15.4. The lowest BCUT2D eigenvalue weighted by atomic mass is 10.1. The second-order valence-electron chi connectivity index (χ2n) is 5.94. The van der Waals surface area contributed by atoms with Gasteiger partial charge in [-0.1, -0.05) is 0 Å². The van der Waals surface area contributed by atoms with E-state index in [1.165, 1.54) is 0 Å². The number of alkyl halides is 3. The lowest BCUT2D eigenvalue weighted by Crippen LogP contribution is -2.29. The normalized spacial score (nSPS) is 28.1. The Balaban J connectivity index is 0.00000462. The topological polar surface area (TPSA) is 46.0 Å². The fraction of sp³-hybridized carbons (Fsp3) is 0.300. The van der Waals surface area contributed by atoms with Gasteiger partial charge in [0.2, 0.25) is 5.95 Å². The highest BCUT2D eigenvalue weighted by Crippen LogP contribution is 2.35. The first kappa shape index (κ1) is 11.3. The van der Waals surface area contributed by atoms with Gasteiger partial charge in [0, 0.05) is 45.6 Å². The molecule has 0 aliphatic carbocycles. The maximum Gasteiger partial charge on any atom is 0.416 e. The van der Waals surface area contributed by atoms with Crippen LogP contribution < -0.4 is 10.2 Å². The molecule has 1 fully saturated rings. The fourth-order valence-corrected chi connectivity index (χ4v) is 2.53. The van der Waals surface area contributed by atoms with E-state index in [0.717, 1.165) is 35.3 Å². The summed E-state index contributed by atoms with van der Waals surface area (Å²) in [5, 5.41) is 6.28. The third-order valence-corrected chi connectivity index (χ3v) is 3.88. The lowest BCUT2D eigenvalue weighted by molar-refractivity contribution is -0.137. The van der Waals surface area contributed by atoms with Crippen molar-refractivity contribution >= 4 is 17.3 Å². The number of piperidine rings is 1. The molecule has 0 radical (unpaired) electrons. The highest BCUT2D eigenvalue weighted by atomic mass is 19.4. The number of nitrogens with one attached hydrogen (secondary N) is 1. The third kappa shape index (κ3) is 4.37. The molecule has 1 aliphatic rings. The first-order chi connectivity index (χ1) is 18.1. The van der Waals surface area contributed by atoms with E-state index >= 15 is 0 Å². The van der Waals surface area contributed by atoms with Crippen molar-refractivity contribution < 1.29 is 37.1 Å². The molecule has 10 heteroatoms. The molecule has 1 N–H and O–H groups in total. The zero-order valence-corrected chi connectivity index (χ0v) is 14.7. The third-order valence-electron chi connectivity index (χ3n) is 3.88. The van der Waals surface area contributed by atoms with Crippen molar-refractivity contribution in [2.24, 2.45) is 0 Å². The van der Waals surface area contributed by atoms with Gasteiger partial charge in [-0.15, -0.1) is 5.10 Å². The molecule has 30 heavy (non-hydrogen) atoms. The Labute approximate surface area is 184 Å². The first-order valence-electron chi connectivity index (χ1n) is 13.2. The predicted octanol–water partition coefficient (Wildman–Crippen LogP) is 5.54. The van der Waals surface area contributed by atoms with Crippen LogP contribution in [0.4, 0.5) is 39.3 Å². The molecule has 0 unspecified atom stereocenters. The van der Waals surface area contributed by atoms with Crippen LogP contribution in [0.1, 0.15) is 39.8 Å². The highest BCUT2D eigenvalue weighted by molar-refractivity contribution is 5.64. The molecule has 0 atom stereocenters. The number of benzene rings is 2. The summed E-state index contributed by atoms with van der Waals surface area (Å²) in [5.41, 5.74) is -2.98. The van der Waals surface area contributed by atoms with Crippen LogP contribution in [-0.2, 0) is 6.18 Å². The van der Waals surface area contributed by atoms with Gasteiger partial charge in [0.25, 0.3) is 0 Å². The van der Waals surface area contributed by atoms with E-state index in [9.17, 15) is 22.0 Å². The molecule has 0 saturated carbocycles. The predicted molar refractivity (Wildman–Crippen MR) is 104 cm³/mol. The molecule has 3 aromatic rings. The number of hydrogen-bond acceptors (Lipinski definition) is 4. The minimum atomic E-state index is -5.10. The summed E-state index contributed by atoms with van der Waals surface area (Å²) < 4.78 is 150. The Hall–Kier alpha value is -3.17. The van der Waals surface area contributed by atoms with Crippen molar-refractivity contribution in [3.63, 3.8) is 0 Å². The van der Waals surface area contributed by atoms with Gasteiger partial charge in [0.05, 0.1) is 11.3 Å². The molecule has 160 valence electrons. The fourth-order valence-electron chi connectivity index (χ4n) is 2.53. The zero-order chi connectivity index (χ0) is 30.3. The standard InChI is InChI=1S/C20H18F5N5.H2/c21-17-5-4-15(11-18(17)22)30-12-26-19(28-30)27-14-8-13(20(23,24)25)9-16(10-14)29-6-2-1-3-7-29;/h4-5,8-12H,1-3,6-7H2,(H,27,28);1H/i1D2,2D2,3D2,6D2,7D2;. The van der Waals surface area contributed by atoms with Gasteiger partial charge in [0.15, 0.2) is 11.6 Å². The van der Waals surface area contributed by atoms with Crippen molar-refractivity contribution in [2.75, 3.05) is 23.2 Å². The lowest BCUT2D eigenvalue weighted by Gasteiger charge is -2.29. The summed E-state index contributed by atoms with van der Waals surface area (Å²) in [4.78, 5) is 3.61. The molecule has 5 nitrogen and oxygen atoms in total. The average molecular weight is 435 g/mol. The highest BCUT2D eigenvalue weighted by Gasteiger charge is 2.32. The van der Waals surface area contributed by atoms with Crippen molar-refractivity contribution in [2.45, 2.75) is 25.3 Å². The van der Waals surface area contributed by atoms with Gasteiger partial charge >= 0.3 is 6.18 Å². The first-order valence-corrected chi connectivity index (χ1v) is 8.22. The monoisotopic (exact) mass is 435 g/mol. The van der Waals surface area contributed by atoms with Gasteiger partial charge in [-0.2, -0.15) is 18.2 Å². The van der Waals surface area contributed by atoms with Crippen LogP contribution >= 0.6 is 0 Å². The maximum atomic E-state index is 13.8. The molecular formula is C20H20F5N5. The van der Waals surface area contributed by atoms with E-state index in [4.69, 9.17) is 13.7 Å². The van der Waals surface area contributed by atoms with Gasteiger partial charge in [0.1, 0.15) is 6.33 Å². The van der Waals surface area contributed by atoms with Crippen LogP contribution in [0, 0.1) is 11.6 Å².